The molecule has 0 radical (unpaired) electrons. The van der Waals surface area contributed by atoms with E-state index in [0.29, 0.717) is 0 Å². The quantitative estimate of drug-likeness (QED) is 0.623. The normalized spacial score (nSPS) is 11.7. The predicted octanol–water partition coefficient (Wildman–Crippen LogP) is 2.44. The van der Waals surface area contributed by atoms with E-state index in [9.17, 15) is 14.4 Å². The topological polar surface area (TPSA) is 111 Å². The molecule has 1 aromatic rings. The number of amides is 3. The van der Waals surface area contributed by atoms with Crippen LogP contribution in [0.2, 0.25) is 20.2 Å². The molecule has 1 atom stereocenters. The molecule has 3 amide bonds. The number of halogens is 4. The van der Waals surface area contributed by atoms with Crippen LogP contribution < -0.4 is 11.1 Å². The van der Waals surface area contributed by atoms with Crippen molar-refractivity contribution in [3.05, 3.63) is 25.9 Å². The summed E-state index contributed by atoms with van der Waals surface area (Å²) in [5, 5.41) is 0.899. The standard InChI is InChI=1S/C10H7Cl4N3O4/c1-2(8(18)17-10(15)20)21-9(19)6-4(12)3(11)5(13)7(14)16-6/h2H,1H3,(H3,15,17,18,20)/t2-/m0/s1. The van der Waals surface area contributed by atoms with Gasteiger partial charge in [0.1, 0.15) is 5.15 Å². The highest BCUT2D eigenvalue weighted by Crippen LogP contribution is 2.36. The third-order valence-corrected chi connectivity index (χ3v) is 3.75. The summed E-state index contributed by atoms with van der Waals surface area (Å²) < 4.78 is 4.76. The fourth-order valence-corrected chi connectivity index (χ4v) is 1.92. The van der Waals surface area contributed by atoms with E-state index in [2.05, 4.69) is 4.98 Å². The summed E-state index contributed by atoms with van der Waals surface area (Å²) >= 11 is 22.9. The third-order valence-electron chi connectivity index (χ3n) is 2.08. The molecule has 0 saturated carbocycles. The molecule has 0 aliphatic heterocycles. The fourth-order valence-electron chi connectivity index (χ4n) is 1.12. The first-order valence-corrected chi connectivity index (χ1v) is 6.67. The van der Waals surface area contributed by atoms with Crippen molar-refractivity contribution >= 4 is 64.3 Å². The van der Waals surface area contributed by atoms with Crippen molar-refractivity contribution < 1.29 is 19.1 Å². The van der Waals surface area contributed by atoms with E-state index in [1.165, 1.54) is 6.92 Å². The van der Waals surface area contributed by atoms with Crippen LogP contribution in [0.5, 0.6) is 0 Å². The molecular weight excluding hydrogens is 368 g/mol. The number of primary amides is 1. The lowest BCUT2D eigenvalue weighted by atomic mass is 10.3. The summed E-state index contributed by atoms with van der Waals surface area (Å²) in [6.45, 7) is 1.21. The van der Waals surface area contributed by atoms with Crippen molar-refractivity contribution in [2.75, 3.05) is 0 Å². The largest absolute Gasteiger partial charge is 0.448 e. The predicted molar refractivity (Wildman–Crippen MR) is 76.9 cm³/mol. The Hall–Kier alpha value is -1.28. The smallest absolute Gasteiger partial charge is 0.359 e. The van der Waals surface area contributed by atoms with Crippen molar-refractivity contribution in [3.8, 4) is 0 Å². The molecule has 1 aromatic heterocycles. The second-order valence-corrected chi connectivity index (χ2v) is 5.09. The molecule has 7 nitrogen and oxygen atoms in total. The maximum atomic E-state index is 11.9. The van der Waals surface area contributed by atoms with E-state index in [1.807, 2.05) is 0 Å². The Morgan fingerprint density at radius 1 is 1.14 bits per heavy atom. The maximum Gasteiger partial charge on any atom is 0.359 e. The number of pyridine rings is 1. The highest BCUT2D eigenvalue weighted by atomic mass is 35.5. The number of ether oxygens (including phenoxy) is 1. The van der Waals surface area contributed by atoms with Gasteiger partial charge in [-0.25, -0.2) is 14.6 Å². The molecule has 11 heteroatoms. The Balaban J connectivity index is 2.95. The zero-order chi connectivity index (χ0) is 16.3. The number of esters is 1. The van der Waals surface area contributed by atoms with Gasteiger partial charge in [0.05, 0.1) is 15.1 Å². The van der Waals surface area contributed by atoms with E-state index in [4.69, 9.17) is 56.9 Å². The van der Waals surface area contributed by atoms with Crippen molar-refractivity contribution in [1.82, 2.24) is 10.3 Å². The monoisotopic (exact) mass is 373 g/mol. The summed E-state index contributed by atoms with van der Waals surface area (Å²) in [4.78, 5) is 37.4. The van der Waals surface area contributed by atoms with E-state index in [1.54, 1.807) is 5.32 Å². The van der Waals surface area contributed by atoms with E-state index < -0.39 is 29.7 Å². The molecule has 3 N–H and O–H groups in total. The SMILES string of the molecule is C[C@H](OC(=O)c1nc(Cl)c(Cl)c(Cl)c1Cl)C(=O)NC(N)=O. The van der Waals surface area contributed by atoms with Gasteiger partial charge in [-0.1, -0.05) is 46.4 Å². The minimum atomic E-state index is -1.32. The Bertz CT molecular complexity index is 623. The molecule has 21 heavy (non-hydrogen) atoms. The van der Waals surface area contributed by atoms with E-state index in [0.717, 1.165) is 0 Å². The first-order valence-electron chi connectivity index (χ1n) is 5.16. The lowest BCUT2D eigenvalue weighted by molar-refractivity contribution is -0.127. The maximum absolute atomic E-state index is 11.9. The Kier molecular flexibility index (Phi) is 6.03. The molecule has 1 heterocycles. The number of imide groups is 1. The zero-order valence-electron chi connectivity index (χ0n) is 10.2. The summed E-state index contributed by atoms with van der Waals surface area (Å²) in [5.41, 5.74) is 4.34. The molecule has 0 fully saturated rings. The number of aromatic nitrogens is 1. The van der Waals surface area contributed by atoms with Crippen molar-refractivity contribution in [2.24, 2.45) is 5.73 Å². The lowest BCUT2D eigenvalue weighted by Gasteiger charge is -2.13. The highest BCUT2D eigenvalue weighted by molar-refractivity contribution is 6.52. The fraction of sp³-hybridized carbons (Fsp3) is 0.200. The first kappa shape index (κ1) is 17.8. The van der Waals surface area contributed by atoms with Gasteiger partial charge in [-0.15, -0.1) is 0 Å². The average Bonchev–Trinajstić information content (AvgIpc) is 2.39. The second kappa shape index (κ2) is 7.13. The lowest BCUT2D eigenvalue weighted by Crippen LogP contribution is -2.42. The van der Waals surface area contributed by atoms with Gasteiger partial charge in [0.15, 0.2) is 11.8 Å². The van der Waals surface area contributed by atoms with Crippen molar-refractivity contribution in [2.45, 2.75) is 13.0 Å². The molecular formula is C10H7Cl4N3O4. The number of hydrogen-bond acceptors (Lipinski definition) is 5. The van der Waals surface area contributed by atoms with E-state index in [-0.39, 0.29) is 20.2 Å². The van der Waals surface area contributed by atoms with Gasteiger partial charge in [0, 0.05) is 0 Å². The number of nitrogens with two attached hydrogens (primary N) is 1. The molecule has 1 rings (SSSR count). The number of urea groups is 1. The van der Waals surface area contributed by atoms with Crippen LogP contribution in [0.15, 0.2) is 0 Å². The van der Waals surface area contributed by atoms with Crippen LogP contribution in [0.1, 0.15) is 17.4 Å². The van der Waals surface area contributed by atoms with Crippen LogP contribution in [0, 0.1) is 0 Å². The zero-order valence-corrected chi connectivity index (χ0v) is 13.3. The van der Waals surface area contributed by atoms with Gasteiger partial charge in [0.25, 0.3) is 5.91 Å². The van der Waals surface area contributed by atoms with Gasteiger partial charge in [-0.05, 0) is 6.92 Å². The summed E-state index contributed by atoms with van der Waals surface area (Å²) in [6, 6.07) is -1.09. The van der Waals surface area contributed by atoms with Gasteiger partial charge >= 0.3 is 12.0 Å². The van der Waals surface area contributed by atoms with Crippen LogP contribution in [0.4, 0.5) is 4.79 Å². The van der Waals surface area contributed by atoms with Gasteiger partial charge < -0.3 is 10.5 Å². The molecule has 0 unspecified atom stereocenters. The van der Waals surface area contributed by atoms with Crippen LogP contribution >= 0.6 is 46.4 Å². The number of nitrogens with one attached hydrogen (secondary N) is 1. The van der Waals surface area contributed by atoms with Gasteiger partial charge in [0.2, 0.25) is 0 Å². The van der Waals surface area contributed by atoms with Crippen LogP contribution in [0.3, 0.4) is 0 Å². The van der Waals surface area contributed by atoms with Gasteiger partial charge in [-0.3, -0.25) is 10.1 Å². The minimum Gasteiger partial charge on any atom is -0.448 e. The summed E-state index contributed by atoms with van der Waals surface area (Å²) in [7, 11) is 0. The molecule has 114 valence electrons. The average molecular weight is 375 g/mol. The number of carbonyl (C=O) groups excluding carboxylic acids is 3. The third kappa shape index (κ3) is 4.34. The number of nitrogens with zero attached hydrogens (tertiary/aromatic N) is 1. The molecule has 0 aliphatic carbocycles. The van der Waals surface area contributed by atoms with Crippen molar-refractivity contribution in [3.63, 3.8) is 0 Å². The Morgan fingerprint density at radius 2 is 1.71 bits per heavy atom. The molecule has 0 aliphatic rings. The first-order chi connectivity index (χ1) is 9.65. The number of hydrogen-bond donors (Lipinski definition) is 2. The van der Waals surface area contributed by atoms with Crippen LogP contribution in [-0.2, 0) is 9.53 Å². The Morgan fingerprint density at radius 3 is 2.24 bits per heavy atom. The van der Waals surface area contributed by atoms with E-state index >= 15 is 0 Å². The van der Waals surface area contributed by atoms with Crippen LogP contribution in [-0.4, -0.2) is 29.0 Å². The number of rotatable bonds is 3. The molecule has 0 aromatic carbocycles. The summed E-state index contributed by atoms with van der Waals surface area (Å²) in [6.07, 6.45) is -1.32. The number of carbonyl (C=O) groups is 3. The van der Waals surface area contributed by atoms with Crippen LogP contribution in [0.25, 0.3) is 0 Å². The highest BCUT2D eigenvalue weighted by Gasteiger charge is 2.25. The summed E-state index contributed by atoms with van der Waals surface area (Å²) in [5.74, 6) is -1.99. The molecule has 0 saturated heterocycles. The van der Waals surface area contributed by atoms with Crippen molar-refractivity contribution in [1.29, 1.82) is 0 Å². The molecule has 0 bridgehead atoms. The second-order valence-electron chi connectivity index (χ2n) is 3.59. The molecule has 0 spiro atoms. The minimum absolute atomic E-state index is 0.126. The Labute approximate surface area is 138 Å². The van der Waals surface area contributed by atoms with Gasteiger partial charge in [-0.2, -0.15) is 0 Å².